The van der Waals surface area contributed by atoms with Gasteiger partial charge in [-0.15, -0.1) is 0 Å². The Labute approximate surface area is 130 Å². The number of nitrogens with zero attached hydrogens (tertiary/aromatic N) is 3. The number of aromatic amines is 1. The van der Waals surface area contributed by atoms with Gasteiger partial charge in [-0.25, -0.2) is 9.97 Å². The van der Waals surface area contributed by atoms with Crippen molar-refractivity contribution < 1.29 is 9.50 Å². The number of aromatic nitrogens is 4. The first-order valence-corrected chi connectivity index (χ1v) is 6.96. The van der Waals surface area contributed by atoms with Crippen LogP contribution >= 0.6 is 0 Å². The molecule has 6 heteroatoms. The van der Waals surface area contributed by atoms with Crippen molar-refractivity contribution in [2.45, 2.75) is 0 Å². The second-order valence-corrected chi connectivity index (χ2v) is 5.10. The topological polar surface area (TPSA) is 74.7 Å². The Hall–Kier alpha value is -3.28. The molecule has 0 radical (unpaired) electrons. The molecular weight excluding hydrogens is 295 g/mol. The van der Waals surface area contributed by atoms with Gasteiger partial charge in [-0.1, -0.05) is 6.07 Å². The third-order valence-electron chi connectivity index (χ3n) is 3.64. The predicted octanol–water partition coefficient (Wildman–Crippen LogP) is 3.53. The van der Waals surface area contributed by atoms with Crippen LogP contribution in [0.25, 0.3) is 33.3 Å². The number of rotatable bonds is 2. The number of pyridine rings is 2. The molecule has 0 saturated heterocycles. The maximum atomic E-state index is 13.4. The van der Waals surface area contributed by atoms with E-state index >= 15 is 0 Å². The number of benzene rings is 1. The molecule has 1 aromatic carbocycles. The van der Waals surface area contributed by atoms with Crippen LogP contribution in [0, 0.1) is 5.95 Å². The zero-order valence-corrected chi connectivity index (χ0v) is 11.9. The van der Waals surface area contributed by atoms with Gasteiger partial charge in [-0.05, 0) is 35.4 Å². The Morgan fingerprint density at radius 2 is 1.65 bits per heavy atom. The average Bonchev–Trinajstić information content (AvgIpc) is 2.98. The number of aromatic hydroxyl groups is 1. The van der Waals surface area contributed by atoms with Crippen LogP contribution in [0.15, 0.2) is 54.9 Å². The zero-order chi connectivity index (χ0) is 15.8. The van der Waals surface area contributed by atoms with E-state index < -0.39 is 5.95 Å². The molecule has 0 atom stereocenters. The maximum Gasteiger partial charge on any atom is 0.213 e. The molecule has 0 fully saturated rings. The fourth-order valence-electron chi connectivity index (χ4n) is 2.56. The number of fused-ring (bicyclic) bond motifs is 1. The summed E-state index contributed by atoms with van der Waals surface area (Å²) in [5.41, 5.74) is 3.90. The van der Waals surface area contributed by atoms with Crippen LogP contribution in [0.2, 0.25) is 0 Å². The van der Waals surface area contributed by atoms with E-state index in [1.165, 1.54) is 12.3 Å². The highest BCUT2D eigenvalue weighted by Gasteiger charge is 2.11. The van der Waals surface area contributed by atoms with Crippen LogP contribution in [0.5, 0.6) is 5.88 Å². The summed E-state index contributed by atoms with van der Waals surface area (Å²) in [5, 5.41) is 17.6. The van der Waals surface area contributed by atoms with Gasteiger partial charge in [0, 0.05) is 35.5 Å². The Balaban J connectivity index is 1.90. The Morgan fingerprint density at radius 1 is 0.870 bits per heavy atom. The van der Waals surface area contributed by atoms with Crippen molar-refractivity contribution in [1.82, 2.24) is 20.2 Å². The lowest BCUT2D eigenvalue weighted by Gasteiger charge is -2.03. The van der Waals surface area contributed by atoms with E-state index in [0.29, 0.717) is 11.3 Å². The fraction of sp³-hybridized carbons (Fsp3) is 0. The molecule has 4 rings (SSSR count). The van der Waals surface area contributed by atoms with Crippen molar-refractivity contribution >= 4 is 10.9 Å². The summed E-state index contributed by atoms with van der Waals surface area (Å²) in [4.78, 5) is 7.35. The standard InChI is InChI=1S/C17H11FN4O/c18-15-8-12(4-5-19-15)17-13-7-10(1-2-14(13)21-22-17)11-3-6-20-16(23)9-11/h1-9H,(H,20,23)(H,21,22). The van der Waals surface area contributed by atoms with E-state index in [9.17, 15) is 9.50 Å². The Kier molecular flexibility index (Phi) is 3.01. The minimum absolute atomic E-state index is 0.0359. The van der Waals surface area contributed by atoms with Crippen LogP contribution in [0.1, 0.15) is 0 Å². The van der Waals surface area contributed by atoms with E-state index in [2.05, 4.69) is 20.2 Å². The van der Waals surface area contributed by atoms with Gasteiger partial charge in [0.2, 0.25) is 11.8 Å². The smallest absolute Gasteiger partial charge is 0.213 e. The lowest BCUT2D eigenvalue weighted by Crippen LogP contribution is -1.85. The molecule has 0 spiro atoms. The molecule has 23 heavy (non-hydrogen) atoms. The molecular formula is C17H11FN4O. The van der Waals surface area contributed by atoms with Crippen LogP contribution in [0.4, 0.5) is 4.39 Å². The van der Waals surface area contributed by atoms with Gasteiger partial charge < -0.3 is 5.11 Å². The zero-order valence-electron chi connectivity index (χ0n) is 11.9. The molecule has 0 aliphatic rings. The van der Waals surface area contributed by atoms with Gasteiger partial charge in [-0.3, -0.25) is 5.10 Å². The van der Waals surface area contributed by atoms with Crippen LogP contribution in [-0.2, 0) is 0 Å². The van der Waals surface area contributed by atoms with Crippen molar-refractivity contribution in [3.8, 4) is 28.3 Å². The normalized spacial score (nSPS) is 11.0. The van der Waals surface area contributed by atoms with Crippen molar-refractivity contribution in [3.63, 3.8) is 0 Å². The summed E-state index contributed by atoms with van der Waals surface area (Å²) in [6, 6.07) is 12.2. The number of hydrogen-bond acceptors (Lipinski definition) is 4. The van der Waals surface area contributed by atoms with Gasteiger partial charge in [0.05, 0.1) is 5.52 Å². The van der Waals surface area contributed by atoms with Gasteiger partial charge in [0.1, 0.15) is 5.69 Å². The van der Waals surface area contributed by atoms with Crippen molar-refractivity contribution in [2.75, 3.05) is 0 Å². The molecule has 3 aromatic heterocycles. The highest BCUT2D eigenvalue weighted by atomic mass is 19.1. The number of nitrogens with one attached hydrogen (secondary N) is 1. The second-order valence-electron chi connectivity index (χ2n) is 5.10. The first-order valence-electron chi connectivity index (χ1n) is 6.96. The van der Waals surface area contributed by atoms with Crippen molar-refractivity contribution in [2.24, 2.45) is 0 Å². The molecule has 0 amide bonds. The molecule has 0 bridgehead atoms. The molecule has 3 heterocycles. The molecule has 112 valence electrons. The summed E-state index contributed by atoms with van der Waals surface area (Å²) >= 11 is 0. The Bertz CT molecular complexity index is 1010. The van der Waals surface area contributed by atoms with Crippen LogP contribution < -0.4 is 0 Å². The predicted molar refractivity (Wildman–Crippen MR) is 84.2 cm³/mol. The highest BCUT2D eigenvalue weighted by molar-refractivity contribution is 5.95. The van der Waals surface area contributed by atoms with Gasteiger partial charge in [0.25, 0.3) is 0 Å². The van der Waals surface area contributed by atoms with Gasteiger partial charge in [-0.2, -0.15) is 9.49 Å². The first kappa shape index (κ1) is 13.4. The minimum atomic E-state index is -0.547. The monoisotopic (exact) mass is 306 g/mol. The fourth-order valence-corrected chi connectivity index (χ4v) is 2.56. The van der Waals surface area contributed by atoms with E-state index in [4.69, 9.17) is 0 Å². The second kappa shape index (κ2) is 5.17. The SMILES string of the molecule is Oc1cc(-c2ccc3[nH]nc(-c4ccnc(F)c4)c3c2)ccn1. The number of halogens is 1. The molecule has 0 unspecified atom stereocenters. The minimum Gasteiger partial charge on any atom is -0.493 e. The van der Waals surface area contributed by atoms with Gasteiger partial charge in [0.15, 0.2) is 0 Å². The molecule has 0 aliphatic carbocycles. The third kappa shape index (κ3) is 2.40. The van der Waals surface area contributed by atoms with Gasteiger partial charge >= 0.3 is 0 Å². The summed E-state index contributed by atoms with van der Waals surface area (Å²) in [6.45, 7) is 0. The van der Waals surface area contributed by atoms with E-state index in [-0.39, 0.29) is 5.88 Å². The molecule has 5 nitrogen and oxygen atoms in total. The van der Waals surface area contributed by atoms with Crippen molar-refractivity contribution in [1.29, 1.82) is 0 Å². The highest BCUT2D eigenvalue weighted by Crippen LogP contribution is 2.31. The molecule has 0 saturated carbocycles. The molecule has 2 N–H and O–H groups in total. The quantitative estimate of drug-likeness (QED) is 0.556. The lowest BCUT2D eigenvalue weighted by atomic mass is 10.0. The lowest BCUT2D eigenvalue weighted by molar-refractivity contribution is 0.454. The van der Waals surface area contributed by atoms with Crippen LogP contribution in [0.3, 0.4) is 0 Å². The summed E-state index contributed by atoms with van der Waals surface area (Å²) in [6.07, 6.45) is 2.96. The van der Waals surface area contributed by atoms with Crippen LogP contribution in [-0.4, -0.2) is 25.3 Å². The molecule has 0 aliphatic heterocycles. The third-order valence-corrected chi connectivity index (χ3v) is 3.64. The summed E-state index contributed by atoms with van der Waals surface area (Å²) in [7, 11) is 0. The van der Waals surface area contributed by atoms with E-state index in [1.54, 1.807) is 18.3 Å². The Morgan fingerprint density at radius 3 is 2.48 bits per heavy atom. The van der Waals surface area contributed by atoms with E-state index in [1.807, 2.05) is 24.3 Å². The average molecular weight is 306 g/mol. The maximum absolute atomic E-state index is 13.4. The number of hydrogen-bond donors (Lipinski definition) is 2. The number of H-pyrrole nitrogens is 1. The summed E-state index contributed by atoms with van der Waals surface area (Å²) in [5.74, 6) is -0.583. The van der Waals surface area contributed by atoms with E-state index in [0.717, 1.165) is 22.0 Å². The summed E-state index contributed by atoms with van der Waals surface area (Å²) < 4.78 is 13.4. The molecule has 4 aromatic rings. The van der Waals surface area contributed by atoms with Crippen molar-refractivity contribution in [3.05, 3.63) is 60.8 Å². The first-order chi connectivity index (χ1) is 11.2. The largest absolute Gasteiger partial charge is 0.493 e.